The maximum atomic E-state index is 12.7. The number of hydrogen-bond donors (Lipinski definition) is 1. The summed E-state index contributed by atoms with van der Waals surface area (Å²) in [5.41, 5.74) is 0. The molecule has 0 aromatic carbocycles. The Morgan fingerprint density at radius 3 is 1.56 bits per heavy atom. The molecular weight excluding hydrogens is 650 g/mol. The molecule has 0 fully saturated rings. The topological polar surface area (TPSA) is 85.3 Å². The third kappa shape index (κ3) is 38.3. The van der Waals surface area contributed by atoms with Crippen molar-refractivity contribution < 1.29 is 28.9 Å². The van der Waals surface area contributed by atoms with E-state index in [0.717, 1.165) is 96.9 Å². The lowest BCUT2D eigenvalue weighted by Gasteiger charge is -2.22. The second-order valence-corrected chi connectivity index (χ2v) is 15.1. The van der Waals surface area contributed by atoms with Gasteiger partial charge in [0.05, 0.1) is 6.61 Å². The van der Waals surface area contributed by atoms with Crippen LogP contribution in [0.3, 0.4) is 0 Å². The number of unbranched alkanes of at least 4 members (excludes halogenated alkanes) is 20. The minimum atomic E-state index is -0.144. The molecule has 0 heterocycles. The summed E-state index contributed by atoms with van der Waals surface area (Å²) in [5, 5.41) is 9.36. The van der Waals surface area contributed by atoms with Crippen LogP contribution in [0.2, 0.25) is 0 Å². The van der Waals surface area contributed by atoms with Crippen LogP contribution in [0.25, 0.3) is 0 Å². The summed E-state index contributed by atoms with van der Waals surface area (Å²) in [6.07, 6.45) is 37.7. The molecule has 7 nitrogen and oxygen atoms in total. The van der Waals surface area contributed by atoms with Crippen molar-refractivity contribution in [1.82, 2.24) is 4.90 Å². The fraction of sp³-hybridized carbons (Fsp3) is 0.911. The highest BCUT2D eigenvalue weighted by molar-refractivity contribution is 5.69. The Balaban J connectivity index is 4.08. The highest BCUT2D eigenvalue weighted by Crippen LogP contribution is 2.18. The van der Waals surface area contributed by atoms with Crippen LogP contribution in [-0.2, 0) is 23.8 Å². The number of nitrogens with zero attached hydrogens (tertiary/aromatic N) is 1. The van der Waals surface area contributed by atoms with Gasteiger partial charge in [0, 0.05) is 32.6 Å². The Hall–Kier alpha value is -1.44. The van der Waals surface area contributed by atoms with E-state index in [0.29, 0.717) is 26.1 Å². The van der Waals surface area contributed by atoms with Crippen LogP contribution < -0.4 is 0 Å². The van der Waals surface area contributed by atoms with Crippen LogP contribution in [0.5, 0.6) is 0 Å². The van der Waals surface area contributed by atoms with Gasteiger partial charge in [-0.05, 0) is 83.4 Å². The van der Waals surface area contributed by atoms with Crippen LogP contribution in [-0.4, -0.2) is 74.1 Å². The number of aliphatic hydroxyl groups is 1. The molecule has 0 saturated heterocycles. The number of carbonyl (C=O) groups excluding carboxylic acids is 2. The van der Waals surface area contributed by atoms with Crippen molar-refractivity contribution in [2.24, 2.45) is 0 Å². The first-order valence-corrected chi connectivity index (χ1v) is 22.5. The molecule has 1 N–H and O–H groups in total. The van der Waals surface area contributed by atoms with Crippen molar-refractivity contribution in [3.05, 3.63) is 12.2 Å². The van der Waals surface area contributed by atoms with Crippen molar-refractivity contribution >= 4 is 11.9 Å². The van der Waals surface area contributed by atoms with E-state index in [1.54, 1.807) is 0 Å². The van der Waals surface area contributed by atoms with Crippen LogP contribution in [0.4, 0.5) is 0 Å². The molecule has 0 saturated carbocycles. The van der Waals surface area contributed by atoms with Crippen LogP contribution >= 0.6 is 0 Å². The summed E-state index contributed by atoms with van der Waals surface area (Å²) < 4.78 is 17.0. The molecule has 52 heavy (non-hydrogen) atoms. The van der Waals surface area contributed by atoms with Gasteiger partial charge in [0.1, 0.15) is 12.7 Å². The van der Waals surface area contributed by atoms with E-state index in [4.69, 9.17) is 14.2 Å². The molecular formula is C45H87NO6. The smallest absolute Gasteiger partial charge is 0.306 e. The first-order valence-electron chi connectivity index (χ1n) is 22.5. The Morgan fingerprint density at radius 1 is 0.519 bits per heavy atom. The normalized spacial score (nSPS) is 11.7. The predicted molar refractivity (Wildman–Crippen MR) is 220 cm³/mol. The summed E-state index contributed by atoms with van der Waals surface area (Å²) in [6.45, 7) is 11.5. The molecule has 0 spiro atoms. The molecule has 0 aromatic rings. The minimum absolute atomic E-state index is 0.00109. The lowest BCUT2D eigenvalue weighted by molar-refractivity contribution is -0.150. The molecule has 0 aliphatic heterocycles. The van der Waals surface area contributed by atoms with Gasteiger partial charge in [0.2, 0.25) is 0 Å². The Labute approximate surface area is 322 Å². The number of aliphatic hydroxyl groups excluding tert-OH is 1. The molecule has 308 valence electrons. The third-order valence-corrected chi connectivity index (χ3v) is 10.0. The van der Waals surface area contributed by atoms with E-state index >= 15 is 0 Å². The number of esters is 2. The van der Waals surface area contributed by atoms with Crippen LogP contribution in [0, 0.1) is 0 Å². The van der Waals surface area contributed by atoms with Gasteiger partial charge in [-0.15, -0.1) is 0 Å². The van der Waals surface area contributed by atoms with E-state index in [-0.39, 0.29) is 24.6 Å². The van der Waals surface area contributed by atoms with Crippen LogP contribution in [0.1, 0.15) is 213 Å². The van der Waals surface area contributed by atoms with Gasteiger partial charge >= 0.3 is 11.9 Å². The van der Waals surface area contributed by atoms with E-state index in [1.807, 2.05) is 12.2 Å². The Kier molecular flexibility index (Phi) is 41.1. The molecule has 0 rings (SSSR count). The summed E-state index contributed by atoms with van der Waals surface area (Å²) in [5.74, 6) is -0.143. The van der Waals surface area contributed by atoms with Gasteiger partial charge in [-0.3, -0.25) is 9.59 Å². The van der Waals surface area contributed by atoms with Crippen LogP contribution in [0.15, 0.2) is 12.2 Å². The average molecular weight is 738 g/mol. The Morgan fingerprint density at radius 2 is 0.962 bits per heavy atom. The standard InChI is InChI=1S/C45H87NO6/c1-4-7-10-13-17-22-32-43(33-23-18-14-11-8-5-2)52-45(49)35-24-19-16-20-26-36-46(38-31-39-47)37-27-25-34-44(48)51-42-30-29-41-50-40-28-21-15-12-9-6-3/h29-30,43,47H,4-28,31-42H2,1-3H3. The highest BCUT2D eigenvalue weighted by atomic mass is 16.5. The second-order valence-electron chi connectivity index (χ2n) is 15.1. The summed E-state index contributed by atoms with van der Waals surface area (Å²) in [4.78, 5) is 27.3. The fourth-order valence-corrected chi connectivity index (χ4v) is 6.67. The van der Waals surface area contributed by atoms with E-state index < -0.39 is 0 Å². The van der Waals surface area contributed by atoms with Gasteiger partial charge in [-0.1, -0.05) is 142 Å². The maximum Gasteiger partial charge on any atom is 0.306 e. The molecule has 0 unspecified atom stereocenters. The lowest BCUT2D eigenvalue weighted by Crippen LogP contribution is -2.28. The van der Waals surface area contributed by atoms with Gasteiger partial charge in [-0.2, -0.15) is 0 Å². The SMILES string of the molecule is CCCCCCCCOCC=CCOC(=O)CCCCN(CCCO)CCCCCCCC(=O)OC(CCCCCCCC)CCCCCCCC. The van der Waals surface area contributed by atoms with Crippen molar-refractivity contribution in [3.8, 4) is 0 Å². The fourth-order valence-electron chi connectivity index (χ4n) is 6.67. The van der Waals surface area contributed by atoms with Crippen molar-refractivity contribution in [2.75, 3.05) is 46.1 Å². The van der Waals surface area contributed by atoms with Gasteiger partial charge < -0.3 is 24.2 Å². The monoisotopic (exact) mass is 738 g/mol. The number of rotatable bonds is 42. The number of ether oxygens (including phenoxy) is 3. The first-order chi connectivity index (χ1) is 25.6. The van der Waals surface area contributed by atoms with Crippen molar-refractivity contribution in [2.45, 2.75) is 219 Å². The quantitative estimate of drug-likeness (QED) is 0.0379. The first kappa shape index (κ1) is 50.6. The zero-order valence-corrected chi connectivity index (χ0v) is 34.8. The third-order valence-electron chi connectivity index (χ3n) is 10.0. The molecule has 0 aliphatic carbocycles. The van der Waals surface area contributed by atoms with E-state index in [2.05, 4.69) is 25.7 Å². The summed E-state index contributed by atoms with van der Waals surface area (Å²) in [6, 6.07) is 0. The van der Waals surface area contributed by atoms with E-state index in [1.165, 1.54) is 109 Å². The second kappa shape index (κ2) is 42.3. The predicted octanol–water partition coefficient (Wildman–Crippen LogP) is 12.1. The zero-order valence-electron chi connectivity index (χ0n) is 34.8. The molecule has 0 aliphatic rings. The maximum absolute atomic E-state index is 12.7. The number of hydrogen-bond acceptors (Lipinski definition) is 7. The minimum Gasteiger partial charge on any atom is -0.462 e. The molecule has 0 atom stereocenters. The lowest BCUT2D eigenvalue weighted by atomic mass is 10.0. The zero-order chi connectivity index (χ0) is 38.0. The van der Waals surface area contributed by atoms with Gasteiger partial charge in [0.15, 0.2) is 0 Å². The summed E-state index contributed by atoms with van der Waals surface area (Å²) in [7, 11) is 0. The summed E-state index contributed by atoms with van der Waals surface area (Å²) >= 11 is 0. The molecule has 0 radical (unpaired) electrons. The average Bonchev–Trinajstić information content (AvgIpc) is 3.14. The molecule has 7 heteroatoms. The van der Waals surface area contributed by atoms with E-state index in [9.17, 15) is 14.7 Å². The van der Waals surface area contributed by atoms with Crippen molar-refractivity contribution in [1.29, 1.82) is 0 Å². The molecule has 0 aromatic heterocycles. The van der Waals surface area contributed by atoms with Gasteiger partial charge in [0.25, 0.3) is 0 Å². The Bertz CT molecular complexity index is 759. The largest absolute Gasteiger partial charge is 0.462 e. The highest BCUT2D eigenvalue weighted by Gasteiger charge is 2.14. The van der Waals surface area contributed by atoms with Gasteiger partial charge in [-0.25, -0.2) is 0 Å². The molecule has 0 bridgehead atoms. The number of carbonyl (C=O) groups is 2. The molecule has 0 amide bonds. The van der Waals surface area contributed by atoms with Crippen molar-refractivity contribution in [3.63, 3.8) is 0 Å².